The summed E-state index contributed by atoms with van der Waals surface area (Å²) in [5, 5.41) is 0. The molecule has 2 aliphatic rings. The van der Waals surface area contributed by atoms with Crippen LogP contribution in [0.5, 0.6) is 5.75 Å². The largest absolute Gasteiger partial charge is 0.497 e. The lowest BCUT2D eigenvalue weighted by Gasteiger charge is -2.28. The zero-order valence-corrected chi connectivity index (χ0v) is 13.4. The van der Waals surface area contributed by atoms with Crippen LogP contribution < -0.4 is 4.74 Å². The van der Waals surface area contributed by atoms with Gasteiger partial charge in [0.05, 0.1) is 7.11 Å². The van der Waals surface area contributed by atoms with Crippen molar-refractivity contribution in [2.75, 3.05) is 26.7 Å². The van der Waals surface area contributed by atoms with E-state index < -0.39 is 0 Å². The number of likely N-dealkylation sites (tertiary alicyclic amines) is 1. The van der Waals surface area contributed by atoms with Gasteiger partial charge < -0.3 is 9.64 Å². The summed E-state index contributed by atoms with van der Waals surface area (Å²) < 4.78 is 5.25. The van der Waals surface area contributed by atoms with Crippen LogP contribution in [0.2, 0.25) is 0 Å². The number of carbonyl (C=O) groups excluding carboxylic acids is 1. The van der Waals surface area contributed by atoms with Crippen molar-refractivity contribution in [2.24, 2.45) is 5.92 Å². The average Bonchev–Trinajstić information content (AvgIpc) is 2.88. The molecule has 1 unspecified atom stereocenters. The monoisotopic (exact) mass is 299 g/mol. The maximum absolute atomic E-state index is 12.3. The van der Waals surface area contributed by atoms with Gasteiger partial charge in [-0.2, -0.15) is 0 Å². The highest BCUT2D eigenvalue weighted by Gasteiger charge is 2.28. The molecule has 1 saturated heterocycles. The van der Waals surface area contributed by atoms with Crippen LogP contribution in [0.3, 0.4) is 0 Å². The first kappa shape index (κ1) is 15.3. The van der Waals surface area contributed by atoms with Crippen LogP contribution in [-0.4, -0.2) is 37.4 Å². The Labute approximate surface area is 133 Å². The first-order valence-corrected chi connectivity index (χ1v) is 8.35. The predicted octanol–water partition coefficient (Wildman–Crippen LogP) is 3.54. The van der Waals surface area contributed by atoms with Crippen molar-refractivity contribution < 1.29 is 9.53 Å². The number of Topliss-reactive ketones (excluding diaryl/α,β-unsaturated/α-hetero) is 1. The first-order valence-electron chi connectivity index (χ1n) is 8.35. The number of carbonyl (C=O) groups is 1. The van der Waals surface area contributed by atoms with E-state index in [9.17, 15) is 4.79 Å². The number of hydrogen-bond donors (Lipinski definition) is 0. The summed E-state index contributed by atoms with van der Waals surface area (Å²) in [5.74, 6) is 1.66. The molecule has 3 rings (SSSR count). The number of nitrogens with zero attached hydrogens (tertiary/aromatic N) is 1. The summed E-state index contributed by atoms with van der Waals surface area (Å²) in [5.41, 5.74) is 2.04. The lowest BCUT2D eigenvalue weighted by atomic mass is 10.0. The number of piperidine rings is 1. The summed E-state index contributed by atoms with van der Waals surface area (Å²) in [7, 11) is 1.67. The highest BCUT2D eigenvalue weighted by atomic mass is 16.5. The SMILES string of the molecule is COc1cccc(/C=C2\CC(CN3CCCCC3)CC2=O)c1. The molecule has 118 valence electrons. The maximum Gasteiger partial charge on any atom is 0.159 e. The minimum atomic E-state index is 0.324. The molecule has 0 bridgehead atoms. The predicted molar refractivity (Wildman–Crippen MR) is 89.0 cm³/mol. The highest BCUT2D eigenvalue weighted by Crippen LogP contribution is 2.30. The van der Waals surface area contributed by atoms with Gasteiger partial charge in [0.1, 0.15) is 5.75 Å². The van der Waals surface area contributed by atoms with Crippen LogP contribution in [0.1, 0.15) is 37.7 Å². The Morgan fingerprint density at radius 2 is 2.05 bits per heavy atom. The molecule has 0 spiro atoms. The molecular formula is C19H25NO2. The highest BCUT2D eigenvalue weighted by molar-refractivity contribution is 6.01. The third kappa shape index (κ3) is 3.77. The van der Waals surface area contributed by atoms with Gasteiger partial charge in [-0.3, -0.25) is 4.79 Å². The molecular weight excluding hydrogens is 274 g/mol. The first-order chi connectivity index (χ1) is 10.7. The van der Waals surface area contributed by atoms with Gasteiger partial charge in [-0.05, 0) is 67.6 Å². The number of ether oxygens (including phenoxy) is 1. The van der Waals surface area contributed by atoms with E-state index in [2.05, 4.69) is 4.90 Å². The maximum atomic E-state index is 12.3. The number of hydrogen-bond acceptors (Lipinski definition) is 3. The van der Waals surface area contributed by atoms with Crippen molar-refractivity contribution in [2.45, 2.75) is 32.1 Å². The average molecular weight is 299 g/mol. The number of ketones is 1. The van der Waals surface area contributed by atoms with E-state index in [1.807, 2.05) is 30.3 Å². The van der Waals surface area contributed by atoms with Crippen molar-refractivity contribution in [3.8, 4) is 5.75 Å². The van der Waals surface area contributed by atoms with Crippen molar-refractivity contribution in [3.05, 3.63) is 35.4 Å². The van der Waals surface area contributed by atoms with Gasteiger partial charge in [-0.25, -0.2) is 0 Å². The zero-order valence-electron chi connectivity index (χ0n) is 13.4. The summed E-state index contributed by atoms with van der Waals surface area (Å²) >= 11 is 0. The molecule has 3 nitrogen and oxygen atoms in total. The fraction of sp³-hybridized carbons (Fsp3) is 0.526. The quantitative estimate of drug-likeness (QED) is 0.796. The molecule has 1 atom stereocenters. The van der Waals surface area contributed by atoms with E-state index >= 15 is 0 Å². The van der Waals surface area contributed by atoms with E-state index in [1.165, 1.54) is 32.4 Å². The molecule has 0 aromatic heterocycles. The van der Waals surface area contributed by atoms with E-state index in [-0.39, 0.29) is 0 Å². The standard InChI is InChI=1S/C19H25NO2/c1-22-18-7-5-6-15(12-18)10-17-11-16(13-19(17)21)14-20-8-3-2-4-9-20/h5-7,10,12,16H,2-4,8-9,11,13-14H2,1H3/b17-10+. The Kier molecular flexibility index (Phi) is 4.94. The fourth-order valence-corrected chi connectivity index (χ4v) is 3.60. The molecule has 1 aliphatic heterocycles. The fourth-order valence-electron chi connectivity index (χ4n) is 3.60. The minimum Gasteiger partial charge on any atom is -0.497 e. The minimum absolute atomic E-state index is 0.324. The van der Waals surface area contributed by atoms with E-state index in [0.717, 1.165) is 29.9 Å². The smallest absolute Gasteiger partial charge is 0.159 e. The van der Waals surface area contributed by atoms with Crippen molar-refractivity contribution in [3.63, 3.8) is 0 Å². The molecule has 22 heavy (non-hydrogen) atoms. The summed E-state index contributed by atoms with van der Waals surface area (Å²) in [4.78, 5) is 14.8. The molecule has 1 aliphatic carbocycles. The van der Waals surface area contributed by atoms with Crippen LogP contribution in [0, 0.1) is 5.92 Å². The summed E-state index contributed by atoms with van der Waals surface area (Å²) in [6, 6.07) is 7.91. The molecule has 0 radical (unpaired) electrons. The van der Waals surface area contributed by atoms with Crippen molar-refractivity contribution >= 4 is 11.9 Å². The molecule has 0 amide bonds. The van der Waals surface area contributed by atoms with Crippen LogP contribution in [0.4, 0.5) is 0 Å². The van der Waals surface area contributed by atoms with Gasteiger partial charge in [0, 0.05) is 13.0 Å². The second-order valence-corrected chi connectivity index (χ2v) is 6.50. The molecule has 3 heteroatoms. The van der Waals surface area contributed by atoms with Crippen LogP contribution in [0.25, 0.3) is 6.08 Å². The second-order valence-electron chi connectivity index (χ2n) is 6.50. The van der Waals surface area contributed by atoms with Gasteiger partial charge in [0.15, 0.2) is 5.78 Å². The third-order valence-corrected chi connectivity index (χ3v) is 4.74. The molecule has 1 aromatic rings. The number of rotatable bonds is 4. The van der Waals surface area contributed by atoms with Crippen LogP contribution >= 0.6 is 0 Å². The van der Waals surface area contributed by atoms with E-state index in [0.29, 0.717) is 18.1 Å². The van der Waals surface area contributed by atoms with Crippen molar-refractivity contribution in [1.82, 2.24) is 4.90 Å². The Morgan fingerprint density at radius 3 is 2.82 bits per heavy atom. The van der Waals surface area contributed by atoms with Crippen LogP contribution in [0.15, 0.2) is 29.8 Å². The van der Waals surface area contributed by atoms with Crippen LogP contribution in [-0.2, 0) is 4.79 Å². The van der Waals surface area contributed by atoms with Gasteiger partial charge >= 0.3 is 0 Å². The molecule has 2 fully saturated rings. The Hall–Kier alpha value is -1.61. The van der Waals surface area contributed by atoms with E-state index in [1.54, 1.807) is 7.11 Å². The number of benzene rings is 1. The van der Waals surface area contributed by atoms with Gasteiger partial charge in [-0.1, -0.05) is 18.6 Å². The number of methoxy groups -OCH3 is 1. The van der Waals surface area contributed by atoms with Gasteiger partial charge in [-0.15, -0.1) is 0 Å². The molecule has 1 aromatic carbocycles. The summed E-state index contributed by atoms with van der Waals surface area (Å²) in [6.45, 7) is 3.50. The van der Waals surface area contributed by atoms with E-state index in [4.69, 9.17) is 4.74 Å². The Balaban J connectivity index is 1.64. The number of allylic oxidation sites excluding steroid dienone is 1. The molecule has 1 saturated carbocycles. The second kappa shape index (κ2) is 7.10. The molecule has 1 heterocycles. The van der Waals surface area contributed by atoms with Gasteiger partial charge in [0.2, 0.25) is 0 Å². The lowest BCUT2D eigenvalue weighted by Crippen LogP contribution is -2.33. The summed E-state index contributed by atoms with van der Waals surface area (Å²) in [6.07, 6.45) is 7.67. The zero-order chi connectivity index (χ0) is 15.4. The third-order valence-electron chi connectivity index (χ3n) is 4.74. The topological polar surface area (TPSA) is 29.5 Å². The lowest BCUT2D eigenvalue weighted by molar-refractivity contribution is -0.114. The normalized spacial score (nSPS) is 24.9. The Morgan fingerprint density at radius 1 is 1.23 bits per heavy atom. The Bertz CT molecular complexity index is 558. The van der Waals surface area contributed by atoms with Crippen molar-refractivity contribution in [1.29, 1.82) is 0 Å². The molecule has 0 N–H and O–H groups in total. The van der Waals surface area contributed by atoms with Gasteiger partial charge in [0.25, 0.3) is 0 Å².